The molecule has 0 aromatic heterocycles. The molecule has 2 aliphatic rings. The highest BCUT2D eigenvalue weighted by Gasteiger charge is 2.28. The lowest BCUT2D eigenvalue weighted by Crippen LogP contribution is -2.39. The molecule has 2 aliphatic heterocycles. The van der Waals surface area contributed by atoms with Crippen LogP contribution in [0.3, 0.4) is 0 Å². The number of rotatable bonds is 5. The van der Waals surface area contributed by atoms with E-state index < -0.39 is 0 Å². The average molecular weight is 262 g/mol. The van der Waals surface area contributed by atoms with E-state index in [1.54, 1.807) is 6.92 Å². The minimum atomic E-state index is -0.313. The third-order valence-corrected chi connectivity index (χ3v) is 3.19. The first-order chi connectivity index (χ1) is 9.00. The SMILES string of the molecule is CC(CCCN1C(=O)C=CC1=O)N1C(=O)C=CC1=O. The van der Waals surface area contributed by atoms with Gasteiger partial charge in [0.1, 0.15) is 0 Å². The Hall–Kier alpha value is -2.24. The van der Waals surface area contributed by atoms with Crippen molar-refractivity contribution in [2.45, 2.75) is 25.8 Å². The molecule has 0 aromatic carbocycles. The summed E-state index contributed by atoms with van der Waals surface area (Å²) >= 11 is 0. The fourth-order valence-electron chi connectivity index (χ4n) is 2.17. The molecule has 0 fully saturated rings. The monoisotopic (exact) mass is 262 g/mol. The summed E-state index contributed by atoms with van der Waals surface area (Å²) in [6, 6.07) is -0.240. The number of carbonyl (C=O) groups excluding carboxylic acids is 4. The number of carbonyl (C=O) groups is 4. The maximum absolute atomic E-state index is 11.4. The van der Waals surface area contributed by atoms with E-state index in [0.29, 0.717) is 19.4 Å². The predicted octanol–water partition coefficient (Wildman–Crippen LogP) is 0.00510. The molecule has 0 saturated carbocycles. The first-order valence-corrected chi connectivity index (χ1v) is 6.09. The summed E-state index contributed by atoms with van der Waals surface area (Å²) in [5, 5.41) is 0. The van der Waals surface area contributed by atoms with Crippen molar-refractivity contribution in [3.05, 3.63) is 24.3 Å². The number of nitrogens with zero attached hydrogens (tertiary/aromatic N) is 2. The lowest BCUT2D eigenvalue weighted by Gasteiger charge is -2.23. The van der Waals surface area contributed by atoms with Crippen LogP contribution in [0.4, 0.5) is 0 Å². The van der Waals surface area contributed by atoms with Crippen molar-refractivity contribution >= 4 is 23.6 Å². The lowest BCUT2D eigenvalue weighted by atomic mass is 10.1. The fraction of sp³-hybridized carbons (Fsp3) is 0.385. The van der Waals surface area contributed by atoms with Gasteiger partial charge in [-0.2, -0.15) is 0 Å². The van der Waals surface area contributed by atoms with E-state index in [0.717, 1.165) is 4.90 Å². The van der Waals surface area contributed by atoms with Crippen molar-refractivity contribution in [2.24, 2.45) is 0 Å². The average Bonchev–Trinajstić information content (AvgIpc) is 2.85. The van der Waals surface area contributed by atoms with Gasteiger partial charge in [-0.25, -0.2) is 0 Å². The van der Waals surface area contributed by atoms with Crippen molar-refractivity contribution in [1.29, 1.82) is 0 Å². The summed E-state index contributed by atoms with van der Waals surface area (Å²) < 4.78 is 0. The quantitative estimate of drug-likeness (QED) is 0.654. The molecular weight excluding hydrogens is 248 g/mol. The van der Waals surface area contributed by atoms with E-state index in [1.807, 2.05) is 0 Å². The summed E-state index contributed by atoms with van der Waals surface area (Å²) in [4.78, 5) is 47.8. The van der Waals surface area contributed by atoms with Crippen molar-refractivity contribution in [2.75, 3.05) is 6.54 Å². The molecule has 0 aromatic rings. The number of hydrogen-bond acceptors (Lipinski definition) is 4. The van der Waals surface area contributed by atoms with Gasteiger partial charge < -0.3 is 0 Å². The normalized spacial score (nSPS) is 20.1. The molecule has 100 valence electrons. The lowest BCUT2D eigenvalue weighted by molar-refractivity contribution is -0.140. The Morgan fingerprint density at radius 3 is 1.89 bits per heavy atom. The van der Waals surface area contributed by atoms with Crippen LogP contribution >= 0.6 is 0 Å². The van der Waals surface area contributed by atoms with E-state index in [1.165, 1.54) is 29.2 Å². The Labute approximate surface area is 110 Å². The van der Waals surface area contributed by atoms with Gasteiger partial charge in [0.05, 0.1) is 0 Å². The van der Waals surface area contributed by atoms with Gasteiger partial charge in [-0.15, -0.1) is 0 Å². The molecule has 1 atom stereocenters. The van der Waals surface area contributed by atoms with E-state index >= 15 is 0 Å². The molecule has 2 heterocycles. The molecule has 1 unspecified atom stereocenters. The molecule has 4 amide bonds. The maximum Gasteiger partial charge on any atom is 0.253 e. The number of imide groups is 2. The van der Waals surface area contributed by atoms with Crippen LogP contribution in [0.2, 0.25) is 0 Å². The van der Waals surface area contributed by atoms with Crippen LogP contribution in [0, 0.1) is 0 Å². The molecule has 19 heavy (non-hydrogen) atoms. The third kappa shape index (κ3) is 2.62. The Bertz CT molecular complexity index is 471. The van der Waals surface area contributed by atoms with Gasteiger partial charge >= 0.3 is 0 Å². The summed E-state index contributed by atoms with van der Waals surface area (Å²) in [6.07, 6.45) is 6.08. The highest BCUT2D eigenvalue weighted by Crippen LogP contribution is 2.14. The van der Waals surface area contributed by atoms with Gasteiger partial charge in [0, 0.05) is 36.9 Å². The Kier molecular flexibility index (Phi) is 3.59. The number of hydrogen-bond donors (Lipinski definition) is 0. The summed E-state index contributed by atoms with van der Waals surface area (Å²) in [5.41, 5.74) is 0. The van der Waals surface area contributed by atoms with Gasteiger partial charge in [0.15, 0.2) is 0 Å². The molecule has 0 aliphatic carbocycles. The molecule has 6 heteroatoms. The highest BCUT2D eigenvalue weighted by atomic mass is 16.2. The first-order valence-electron chi connectivity index (χ1n) is 6.09. The zero-order valence-electron chi connectivity index (χ0n) is 10.5. The van der Waals surface area contributed by atoms with Crippen LogP contribution in [0.5, 0.6) is 0 Å². The second kappa shape index (κ2) is 5.17. The minimum absolute atomic E-state index is 0.240. The molecule has 0 N–H and O–H groups in total. The third-order valence-electron chi connectivity index (χ3n) is 3.19. The molecular formula is C13H14N2O4. The van der Waals surface area contributed by atoms with Crippen molar-refractivity contribution < 1.29 is 19.2 Å². The van der Waals surface area contributed by atoms with E-state index in [9.17, 15) is 19.2 Å². The smallest absolute Gasteiger partial charge is 0.253 e. The van der Waals surface area contributed by atoms with E-state index in [-0.39, 0.29) is 29.7 Å². The molecule has 0 radical (unpaired) electrons. The Morgan fingerprint density at radius 1 is 0.895 bits per heavy atom. The van der Waals surface area contributed by atoms with Gasteiger partial charge in [-0.05, 0) is 19.8 Å². The maximum atomic E-state index is 11.4. The van der Waals surface area contributed by atoms with E-state index in [2.05, 4.69) is 0 Å². The first kappa shape index (κ1) is 13.2. The van der Waals surface area contributed by atoms with Crippen molar-refractivity contribution in [1.82, 2.24) is 9.80 Å². The molecule has 0 saturated heterocycles. The molecule has 6 nitrogen and oxygen atoms in total. The number of amides is 4. The molecule has 0 spiro atoms. The molecule has 0 bridgehead atoms. The van der Waals surface area contributed by atoms with Crippen LogP contribution < -0.4 is 0 Å². The van der Waals surface area contributed by atoms with Gasteiger partial charge in [-0.1, -0.05) is 0 Å². The largest absolute Gasteiger partial charge is 0.275 e. The van der Waals surface area contributed by atoms with Crippen LogP contribution in [0.1, 0.15) is 19.8 Å². The van der Waals surface area contributed by atoms with Crippen LogP contribution in [0.15, 0.2) is 24.3 Å². The second-order valence-corrected chi connectivity index (χ2v) is 4.53. The van der Waals surface area contributed by atoms with Crippen LogP contribution in [0.25, 0.3) is 0 Å². The zero-order chi connectivity index (χ0) is 14.0. The molecule has 2 rings (SSSR count). The van der Waals surface area contributed by atoms with Crippen LogP contribution in [-0.2, 0) is 19.2 Å². The van der Waals surface area contributed by atoms with E-state index in [4.69, 9.17) is 0 Å². The minimum Gasteiger partial charge on any atom is -0.275 e. The Balaban J connectivity index is 1.80. The summed E-state index contributed by atoms with van der Waals surface area (Å²) in [7, 11) is 0. The van der Waals surface area contributed by atoms with Gasteiger partial charge in [0.2, 0.25) is 0 Å². The zero-order valence-corrected chi connectivity index (χ0v) is 10.5. The predicted molar refractivity (Wildman–Crippen MR) is 65.5 cm³/mol. The second-order valence-electron chi connectivity index (χ2n) is 4.53. The van der Waals surface area contributed by atoms with Crippen molar-refractivity contribution in [3.8, 4) is 0 Å². The fourth-order valence-corrected chi connectivity index (χ4v) is 2.17. The summed E-state index contributed by atoms with van der Waals surface area (Å²) in [6.45, 7) is 2.08. The topological polar surface area (TPSA) is 74.8 Å². The summed E-state index contributed by atoms with van der Waals surface area (Å²) in [5.74, 6) is -1.25. The highest BCUT2D eigenvalue weighted by molar-refractivity contribution is 6.13. The van der Waals surface area contributed by atoms with Crippen molar-refractivity contribution in [3.63, 3.8) is 0 Å². The van der Waals surface area contributed by atoms with Crippen LogP contribution in [-0.4, -0.2) is 46.0 Å². The Morgan fingerprint density at radius 2 is 1.37 bits per heavy atom. The van der Waals surface area contributed by atoms with Gasteiger partial charge in [0.25, 0.3) is 23.6 Å². The van der Waals surface area contributed by atoms with Gasteiger partial charge in [-0.3, -0.25) is 29.0 Å². The standard InChI is InChI=1S/C13H14N2O4/c1-9(15-12(18)6-7-13(15)19)3-2-8-14-10(16)4-5-11(14)17/h4-7,9H,2-3,8H2,1H3.